The van der Waals surface area contributed by atoms with Crippen molar-refractivity contribution in [2.24, 2.45) is 5.73 Å². The van der Waals surface area contributed by atoms with Crippen LogP contribution < -0.4 is 10.5 Å². The summed E-state index contributed by atoms with van der Waals surface area (Å²) in [6.07, 6.45) is 5.79. The fourth-order valence-corrected chi connectivity index (χ4v) is 2.56. The van der Waals surface area contributed by atoms with Crippen LogP contribution in [-0.2, 0) is 6.42 Å². The summed E-state index contributed by atoms with van der Waals surface area (Å²) in [6, 6.07) is 12.7. The highest BCUT2D eigenvalue weighted by Crippen LogP contribution is 2.28. The lowest BCUT2D eigenvalue weighted by Crippen LogP contribution is -2.07. The first-order valence-corrected chi connectivity index (χ1v) is 7.70. The molecule has 0 heterocycles. The van der Waals surface area contributed by atoms with E-state index in [1.807, 2.05) is 0 Å². The zero-order valence-corrected chi connectivity index (χ0v) is 12.4. The SMILES string of the molecule is CCCCCCOc1ccc2ccccc2c1CCN. The molecule has 0 unspecified atom stereocenters. The Morgan fingerprint density at radius 2 is 1.85 bits per heavy atom. The van der Waals surface area contributed by atoms with E-state index < -0.39 is 0 Å². The molecule has 20 heavy (non-hydrogen) atoms. The van der Waals surface area contributed by atoms with Crippen LogP contribution in [0.2, 0.25) is 0 Å². The van der Waals surface area contributed by atoms with Crippen molar-refractivity contribution in [3.63, 3.8) is 0 Å². The molecule has 0 aliphatic rings. The van der Waals surface area contributed by atoms with Crippen LogP contribution in [0, 0.1) is 0 Å². The minimum atomic E-state index is 0.653. The van der Waals surface area contributed by atoms with Gasteiger partial charge in [-0.05, 0) is 36.2 Å². The fraction of sp³-hybridized carbons (Fsp3) is 0.444. The highest BCUT2D eigenvalue weighted by atomic mass is 16.5. The largest absolute Gasteiger partial charge is 0.493 e. The Bertz CT molecular complexity index is 536. The molecule has 2 aromatic rings. The van der Waals surface area contributed by atoms with Gasteiger partial charge in [-0.2, -0.15) is 0 Å². The van der Waals surface area contributed by atoms with Gasteiger partial charge in [0.2, 0.25) is 0 Å². The maximum Gasteiger partial charge on any atom is 0.123 e. The minimum Gasteiger partial charge on any atom is -0.493 e. The third-order valence-electron chi connectivity index (χ3n) is 3.65. The van der Waals surface area contributed by atoms with Crippen molar-refractivity contribution in [3.05, 3.63) is 42.0 Å². The number of benzene rings is 2. The van der Waals surface area contributed by atoms with Crippen LogP contribution in [0.5, 0.6) is 5.75 Å². The van der Waals surface area contributed by atoms with E-state index in [0.717, 1.165) is 25.2 Å². The molecule has 0 spiro atoms. The Labute approximate surface area is 121 Å². The average Bonchev–Trinajstić information content (AvgIpc) is 2.49. The molecule has 0 fully saturated rings. The van der Waals surface area contributed by atoms with E-state index in [9.17, 15) is 0 Å². The summed E-state index contributed by atoms with van der Waals surface area (Å²) in [5, 5.41) is 2.53. The molecule has 2 aromatic carbocycles. The Morgan fingerprint density at radius 1 is 1.00 bits per heavy atom. The topological polar surface area (TPSA) is 35.2 Å². The van der Waals surface area contributed by atoms with Crippen molar-refractivity contribution in [2.45, 2.75) is 39.0 Å². The van der Waals surface area contributed by atoms with Gasteiger partial charge in [0, 0.05) is 5.56 Å². The van der Waals surface area contributed by atoms with Crippen molar-refractivity contribution >= 4 is 10.8 Å². The molecule has 0 amide bonds. The van der Waals surface area contributed by atoms with E-state index in [1.165, 1.54) is 35.6 Å². The number of unbranched alkanes of at least 4 members (excludes halogenated alkanes) is 3. The number of hydrogen-bond donors (Lipinski definition) is 1. The summed E-state index contributed by atoms with van der Waals surface area (Å²) in [5.41, 5.74) is 7.01. The molecule has 108 valence electrons. The number of rotatable bonds is 8. The van der Waals surface area contributed by atoms with Crippen LogP contribution in [0.15, 0.2) is 36.4 Å². The molecule has 0 saturated heterocycles. The Hall–Kier alpha value is -1.54. The average molecular weight is 271 g/mol. The van der Waals surface area contributed by atoms with Crippen LogP contribution in [0.25, 0.3) is 10.8 Å². The van der Waals surface area contributed by atoms with E-state index >= 15 is 0 Å². The maximum absolute atomic E-state index is 5.99. The van der Waals surface area contributed by atoms with Crippen LogP contribution in [0.4, 0.5) is 0 Å². The molecule has 0 aliphatic heterocycles. The molecule has 2 heteroatoms. The molecule has 2 rings (SSSR count). The number of fused-ring (bicyclic) bond motifs is 1. The van der Waals surface area contributed by atoms with Crippen molar-refractivity contribution in [2.75, 3.05) is 13.2 Å². The molecule has 2 N–H and O–H groups in total. The van der Waals surface area contributed by atoms with Gasteiger partial charge in [0.05, 0.1) is 6.61 Å². The van der Waals surface area contributed by atoms with Crippen LogP contribution in [0.3, 0.4) is 0 Å². The third kappa shape index (κ3) is 3.73. The van der Waals surface area contributed by atoms with Gasteiger partial charge >= 0.3 is 0 Å². The second kappa shape index (κ2) is 7.91. The Balaban J connectivity index is 2.13. The predicted molar refractivity (Wildman–Crippen MR) is 86.3 cm³/mol. The monoisotopic (exact) mass is 271 g/mol. The van der Waals surface area contributed by atoms with Gasteiger partial charge in [-0.25, -0.2) is 0 Å². The van der Waals surface area contributed by atoms with Gasteiger partial charge < -0.3 is 10.5 Å². The van der Waals surface area contributed by atoms with Crippen molar-refractivity contribution in [1.82, 2.24) is 0 Å². The van der Waals surface area contributed by atoms with Crippen LogP contribution in [-0.4, -0.2) is 13.2 Å². The molecule has 0 atom stereocenters. The van der Waals surface area contributed by atoms with Gasteiger partial charge in [-0.1, -0.05) is 56.5 Å². The van der Waals surface area contributed by atoms with Gasteiger partial charge in [-0.3, -0.25) is 0 Å². The smallest absolute Gasteiger partial charge is 0.123 e. The second-order valence-electron chi connectivity index (χ2n) is 5.21. The van der Waals surface area contributed by atoms with Gasteiger partial charge in [0.25, 0.3) is 0 Å². The summed E-state index contributed by atoms with van der Waals surface area (Å²) in [5.74, 6) is 1.01. The molecule has 0 bridgehead atoms. The van der Waals surface area contributed by atoms with E-state index in [-0.39, 0.29) is 0 Å². The van der Waals surface area contributed by atoms with Crippen molar-refractivity contribution < 1.29 is 4.74 Å². The van der Waals surface area contributed by atoms with Gasteiger partial charge in [0.1, 0.15) is 5.75 Å². The van der Waals surface area contributed by atoms with E-state index in [2.05, 4.69) is 43.3 Å². The second-order valence-corrected chi connectivity index (χ2v) is 5.21. The summed E-state index contributed by atoms with van der Waals surface area (Å²) in [7, 11) is 0. The van der Waals surface area contributed by atoms with Crippen molar-refractivity contribution in [3.8, 4) is 5.75 Å². The first-order chi connectivity index (χ1) is 9.86. The first kappa shape index (κ1) is 14.9. The van der Waals surface area contributed by atoms with E-state index in [1.54, 1.807) is 0 Å². The van der Waals surface area contributed by atoms with E-state index in [4.69, 9.17) is 10.5 Å². The Kier molecular flexibility index (Phi) is 5.87. The van der Waals surface area contributed by atoms with Gasteiger partial charge in [0.15, 0.2) is 0 Å². The number of hydrogen-bond acceptors (Lipinski definition) is 2. The fourth-order valence-electron chi connectivity index (χ4n) is 2.56. The zero-order chi connectivity index (χ0) is 14.2. The number of nitrogens with two attached hydrogens (primary N) is 1. The molecule has 0 aliphatic carbocycles. The van der Waals surface area contributed by atoms with Gasteiger partial charge in [-0.15, -0.1) is 0 Å². The molecule has 0 saturated carbocycles. The summed E-state index contributed by atoms with van der Waals surface area (Å²) in [4.78, 5) is 0. The summed E-state index contributed by atoms with van der Waals surface area (Å²) >= 11 is 0. The molecule has 0 radical (unpaired) electrons. The van der Waals surface area contributed by atoms with Crippen LogP contribution in [0.1, 0.15) is 38.2 Å². The molecule has 0 aromatic heterocycles. The lowest BCUT2D eigenvalue weighted by molar-refractivity contribution is 0.302. The normalized spacial score (nSPS) is 10.9. The minimum absolute atomic E-state index is 0.653. The number of ether oxygens (including phenoxy) is 1. The molecular weight excluding hydrogens is 246 g/mol. The molecular formula is C18H25NO. The zero-order valence-electron chi connectivity index (χ0n) is 12.4. The molecule has 2 nitrogen and oxygen atoms in total. The highest BCUT2D eigenvalue weighted by molar-refractivity contribution is 5.87. The highest BCUT2D eigenvalue weighted by Gasteiger charge is 2.07. The van der Waals surface area contributed by atoms with Crippen molar-refractivity contribution in [1.29, 1.82) is 0 Å². The summed E-state index contributed by atoms with van der Waals surface area (Å²) in [6.45, 7) is 3.68. The first-order valence-electron chi connectivity index (χ1n) is 7.70. The quantitative estimate of drug-likeness (QED) is 0.726. The Morgan fingerprint density at radius 3 is 2.65 bits per heavy atom. The standard InChI is InChI=1S/C18H25NO/c1-2-3-4-7-14-20-18-11-10-15-8-5-6-9-16(15)17(18)12-13-19/h5-6,8-11H,2-4,7,12-14,19H2,1H3. The summed E-state index contributed by atoms with van der Waals surface area (Å²) < 4.78 is 5.99. The lowest BCUT2D eigenvalue weighted by Gasteiger charge is -2.14. The van der Waals surface area contributed by atoms with E-state index in [0.29, 0.717) is 6.54 Å². The van der Waals surface area contributed by atoms with Crippen LogP contribution >= 0.6 is 0 Å². The third-order valence-corrected chi connectivity index (χ3v) is 3.65. The maximum atomic E-state index is 5.99. The predicted octanol–water partition coefficient (Wildman–Crippen LogP) is 4.30. The lowest BCUT2D eigenvalue weighted by atomic mass is 10.0.